The van der Waals surface area contributed by atoms with Gasteiger partial charge in [0.05, 0.1) is 10.6 Å². The monoisotopic (exact) mass is 631 g/mol. The third-order valence-corrected chi connectivity index (χ3v) is 9.99. The molecule has 0 radical (unpaired) electrons. The highest BCUT2D eigenvalue weighted by Gasteiger charge is 2.35. The van der Waals surface area contributed by atoms with Crippen LogP contribution in [0.3, 0.4) is 0 Å². The van der Waals surface area contributed by atoms with Crippen LogP contribution in [0.1, 0.15) is 55.9 Å². The van der Waals surface area contributed by atoms with E-state index in [1.54, 1.807) is 49.4 Å². The van der Waals surface area contributed by atoms with Crippen molar-refractivity contribution in [3.8, 4) is 0 Å². The Balaban J connectivity index is 2.14. The Labute approximate surface area is 259 Å². The van der Waals surface area contributed by atoms with E-state index in [4.69, 9.17) is 23.2 Å². The van der Waals surface area contributed by atoms with E-state index < -0.39 is 28.5 Å². The number of nitrogens with zero attached hydrogens (tertiary/aromatic N) is 2. The van der Waals surface area contributed by atoms with Crippen molar-refractivity contribution in [1.82, 2.24) is 10.2 Å². The van der Waals surface area contributed by atoms with Gasteiger partial charge in [-0.2, -0.15) is 0 Å². The first-order chi connectivity index (χ1) is 19.8. The van der Waals surface area contributed by atoms with Crippen molar-refractivity contribution in [2.24, 2.45) is 0 Å². The van der Waals surface area contributed by atoms with E-state index in [-0.39, 0.29) is 23.4 Å². The summed E-state index contributed by atoms with van der Waals surface area (Å²) in [6.45, 7) is 10.6. The van der Waals surface area contributed by atoms with Gasteiger partial charge >= 0.3 is 0 Å². The molecule has 0 aliphatic heterocycles. The number of sulfonamides is 1. The number of rotatable bonds is 12. The van der Waals surface area contributed by atoms with Gasteiger partial charge in [0.2, 0.25) is 11.8 Å². The van der Waals surface area contributed by atoms with Gasteiger partial charge in [-0.25, -0.2) is 8.42 Å². The predicted octanol–water partition coefficient (Wildman–Crippen LogP) is 6.84. The van der Waals surface area contributed by atoms with Gasteiger partial charge in [0.1, 0.15) is 12.6 Å². The number of benzene rings is 3. The SMILES string of the molecule is CC[C@@H](C)NC(=O)[C@@H](CC)N(Cc1c(Cl)cccc1Cl)C(=O)CN(c1cccc(C)c1C)S(=O)(=O)c1ccc(C)cc1. The van der Waals surface area contributed by atoms with Crippen LogP contribution in [0.4, 0.5) is 5.69 Å². The molecule has 0 aliphatic rings. The van der Waals surface area contributed by atoms with Crippen molar-refractivity contribution >= 4 is 50.7 Å². The molecule has 226 valence electrons. The van der Waals surface area contributed by atoms with Gasteiger partial charge in [-0.1, -0.05) is 72.9 Å². The van der Waals surface area contributed by atoms with E-state index in [9.17, 15) is 18.0 Å². The van der Waals surface area contributed by atoms with Gasteiger partial charge in [-0.05, 0) is 82.0 Å². The third kappa shape index (κ3) is 7.65. The van der Waals surface area contributed by atoms with E-state index in [1.807, 2.05) is 40.7 Å². The molecule has 3 aromatic carbocycles. The van der Waals surface area contributed by atoms with Gasteiger partial charge in [-0.15, -0.1) is 0 Å². The predicted molar refractivity (Wildman–Crippen MR) is 171 cm³/mol. The van der Waals surface area contributed by atoms with Crippen LogP contribution in [0.5, 0.6) is 0 Å². The molecule has 0 spiro atoms. The second kappa shape index (κ2) is 14.4. The molecule has 2 atom stereocenters. The maximum absolute atomic E-state index is 14.3. The van der Waals surface area contributed by atoms with E-state index in [0.717, 1.165) is 21.0 Å². The van der Waals surface area contributed by atoms with Crippen LogP contribution in [0.2, 0.25) is 10.0 Å². The van der Waals surface area contributed by atoms with Gasteiger partial charge < -0.3 is 10.2 Å². The summed E-state index contributed by atoms with van der Waals surface area (Å²) in [6, 6.07) is 15.8. The number of amides is 2. The molecule has 0 aliphatic carbocycles. The minimum Gasteiger partial charge on any atom is -0.352 e. The molecule has 0 saturated carbocycles. The van der Waals surface area contributed by atoms with Crippen LogP contribution in [0.15, 0.2) is 65.6 Å². The Hall–Kier alpha value is -3.07. The molecule has 0 bridgehead atoms. The van der Waals surface area contributed by atoms with Crippen molar-refractivity contribution in [2.45, 2.75) is 77.9 Å². The molecule has 2 amide bonds. The largest absolute Gasteiger partial charge is 0.352 e. The normalized spacial score (nSPS) is 12.9. The van der Waals surface area contributed by atoms with Crippen molar-refractivity contribution in [3.05, 3.63) is 93.0 Å². The third-order valence-electron chi connectivity index (χ3n) is 7.51. The van der Waals surface area contributed by atoms with E-state index in [2.05, 4.69) is 5.32 Å². The van der Waals surface area contributed by atoms with E-state index in [0.29, 0.717) is 34.1 Å². The quantitative estimate of drug-likeness (QED) is 0.237. The number of hydrogen-bond acceptors (Lipinski definition) is 4. The van der Waals surface area contributed by atoms with Crippen LogP contribution < -0.4 is 9.62 Å². The molecule has 3 aromatic rings. The summed E-state index contributed by atoms with van der Waals surface area (Å²) < 4.78 is 29.4. The molecule has 0 heterocycles. The average molecular weight is 633 g/mol. The summed E-state index contributed by atoms with van der Waals surface area (Å²) in [4.78, 5) is 29.2. The minimum absolute atomic E-state index is 0.0593. The highest BCUT2D eigenvalue weighted by Crippen LogP contribution is 2.31. The molecule has 7 nitrogen and oxygen atoms in total. The fourth-order valence-electron chi connectivity index (χ4n) is 4.57. The zero-order valence-electron chi connectivity index (χ0n) is 24.9. The number of carbonyl (C=O) groups is 2. The van der Waals surface area contributed by atoms with E-state index >= 15 is 0 Å². The maximum Gasteiger partial charge on any atom is 0.264 e. The standard InChI is InChI=1S/C32H39Cl2N3O4S/c1-7-23(5)35-32(39)29(8-2)36(19-26-27(33)12-10-13-28(26)34)31(38)20-37(30-14-9-11-22(4)24(30)6)42(40,41)25-17-15-21(3)16-18-25/h9-18,23,29H,7-8,19-20H2,1-6H3,(H,35,39)/t23-,29-/m1/s1. The molecular formula is C32H39Cl2N3O4S. The summed E-state index contributed by atoms with van der Waals surface area (Å²) in [7, 11) is -4.17. The van der Waals surface area contributed by atoms with Gasteiger partial charge in [-0.3, -0.25) is 13.9 Å². The molecule has 0 unspecified atom stereocenters. The maximum atomic E-state index is 14.3. The molecule has 3 rings (SSSR count). The lowest BCUT2D eigenvalue weighted by Crippen LogP contribution is -2.53. The number of hydrogen-bond donors (Lipinski definition) is 1. The molecule has 42 heavy (non-hydrogen) atoms. The Morgan fingerprint density at radius 3 is 2.05 bits per heavy atom. The summed E-state index contributed by atoms with van der Waals surface area (Å²) in [6.07, 6.45) is 1.01. The second-order valence-electron chi connectivity index (χ2n) is 10.5. The van der Waals surface area contributed by atoms with Crippen molar-refractivity contribution < 1.29 is 18.0 Å². The lowest BCUT2D eigenvalue weighted by Gasteiger charge is -2.34. The highest BCUT2D eigenvalue weighted by molar-refractivity contribution is 7.92. The molecule has 0 fully saturated rings. The van der Waals surface area contributed by atoms with Crippen LogP contribution in [-0.4, -0.2) is 43.8 Å². The Morgan fingerprint density at radius 2 is 1.48 bits per heavy atom. The van der Waals surface area contributed by atoms with E-state index in [1.165, 1.54) is 17.0 Å². The smallest absolute Gasteiger partial charge is 0.264 e. The summed E-state index contributed by atoms with van der Waals surface area (Å²) in [5.41, 5.74) is 3.37. The molecule has 1 N–H and O–H groups in total. The Bertz CT molecular complexity index is 1510. The van der Waals surface area contributed by atoms with Crippen molar-refractivity contribution in [2.75, 3.05) is 10.8 Å². The summed E-state index contributed by atoms with van der Waals surface area (Å²) in [5, 5.41) is 3.65. The molecule has 0 aromatic heterocycles. The van der Waals surface area contributed by atoms with Gasteiger partial charge in [0.25, 0.3) is 10.0 Å². The van der Waals surface area contributed by atoms with Crippen molar-refractivity contribution in [3.63, 3.8) is 0 Å². The van der Waals surface area contributed by atoms with Crippen LogP contribution in [0.25, 0.3) is 0 Å². The first-order valence-electron chi connectivity index (χ1n) is 14.0. The highest BCUT2D eigenvalue weighted by atomic mass is 35.5. The van der Waals surface area contributed by atoms with Crippen LogP contribution in [0, 0.1) is 20.8 Å². The van der Waals surface area contributed by atoms with Crippen LogP contribution in [-0.2, 0) is 26.2 Å². The zero-order chi connectivity index (χ0) is 31.2. The van der Waals surface area contributed by atoms with Crippen LogP contribution >= 0.6 is 23.2 Å². The zero-order valence-corrected chi connectivity index (χ0v) is 27.3. The lowest BCUT2D eigenvalue weighted by molar-refractivity contribution is -0.140. The van der Waals surface area contributed by atoms with Crippen molar-refractivity contribution in [1.29, 1.82) is 0 Å². The number of carbonyl (C=O) groups excluding carboxylic acids is 2. The summed E-state index contributed by atoms with van der Waals surface area (Å²) in [5.74, 6) is -0.892. The second-order valence-corrected chi connectivity index (χ2v) is 13.2. The first-order valence-corrected chi connectivity index (χ1v) is 16.2. The number of halogens is 2. The fourth-order valence-corrected chi connectivity index (χ4v) is 6.56. The summed E-state index contributed by atoms with van der Waals surface area (Å²) >= 11 is 13.0. The minimum atomic E-state index is -4.17. The Morgan fingerprint density at radius 1 is 0.881 bits per heavy atom. The first kappa shape index (κ1) is 33.4. The Kier molecular flexibility index (Phi) is 11.5. The molecular weight excluding hydrogens is 593 g/mol. The number of anilines is 1. The fraction of sp³-hybridized carbons (Fsp3) is 0.375. The average Bonchev–Trinajstić information content (AvgIpc) is 2.94. The molecule has 10 heteroatoms. The lowest BCUT2D eigenvalue weighted by atomic mass is 10.1. The topological polar surface area (TPSA) is 86.8 Å². The number of nitrogens with one attached hydrogen (secondary N) is 1. The van der Waals surface area contributed by atoms with Gasteiger partial charge in [0, 0.05) is 28.2 Å². The molecule has 0 saturated heterocycles. The van der Waals surface area contributed by atoms with Gasteiger partial charge in [0.15, 0.2) is 0 Å². The number of aryl methyl sites for hydroxylation is 2.